The van der Waals surface area contributed by atoms with Gasteiger partial charge in [0.2, 0.25) is 0 Å². The van der Waals surface area contributed by atoms with Gasteiger partial charge >= 0.3 is 5.97 Å². The summed E-state index contributed by atoms with van der Waals surface area (Å²) in [6, 6.07) is 25.2. The number of esters is 1. The first-order chi connectivity index (χ1) is 16.1. The van der Waals surface area contributed by atoms with Crippen molar-refractivity contribution < 1.29 is 19.1 Å². The van der Waals surface area contributed by atoms with Crippen LogP contribution in [0.25, 0.3) is 22.4 Å². The summed E-state index contributed by atoms with van der Waals surface area (Å²) in [5, 5.41) is 4.96. The van der Waals surface area contributed by atoms with Crippen LogP contribution in [-0.4, -0.2) is 30.6 Å². The summed E-state index contributed by atoms with van der Waals surface area (Å²) >= 11 is 1.30. The fourth-order valence-electron chi connectivity index (χ4n) is 3.19. The lowest BCUT2D eigenvalue weighted by Gasteiger charge is -2.06. The van der Waals surface area contributed by atoms with E-state index in [-0.39, 0.29) is 13.0 Å². The van der Waals surface area contributed by atoms with Crippen molar-refractivity contribution in [3.63, 3.8) is 0 Å². The highest BCUT2D eigenvalue weighted by Gasteiger charge is 2.12. The van der Waals surface area contributed by atoms with Crippen LogP contribution in [0, 0.1) is 0 Å². The van der Waals surface area contributed by atoms with Crippen LogP contribution in [-0.2, 0) is 20.7 Å². The second-order valence-electron chi connectivity index (χ2n) is 7.21. The van der Waals surface area contributed by atoms with Gasteiger partial charge in [-0.15, -0.1) is 11.3 Å². The molecule has 7 heteroatoms. The molecule has 0 bridgehead atoms. The quantitative estimate of drug-likeness (QED) is 0.367. The third kappa shape index (κ3) is 6.05. The Balaban J connectivity index is 1.25. The Bertz CT molecular complexity index is 1220. The Morgan fingerprint density at radius 2 is 1.55 bits per heavy atom. The number of methoxy groups -OCH3 is 1. The number of thiazole rings is 1. The van der Waals surface area contributed by atoms with E-state index in [1.165, 1.54) is 11.3 Å². The molecule has 166 valence electrons. The van der Waals surface area contributed by atoms with Crippen LogP contribution >= 0.6 is 11.3 Å². The lowest BCUT2D eigenvalue weighted by molar-refractivity contribution is -0.146. The molecular formula is C26H22N2O4S. The zero-order valence-corrected chi connectivity index (χ0v) is 18.8. The highest BCUT2D eigenvalue weighted by atomic mass is 32.1. The summed E-state index contributed by atoms with van der Waals surface area (Å²) in [5.41, 5.74) is 4.67. The van der Waals surface area contributed by atoms with E-state index in [0.29, 0.717) is 5.13 Å². The molecule has 0 fully saturated rings. The summed E-state index contributed by atoms with van der Waals surface area (Å²) < 4.78 is 10.3. The second kappa shape index (κ2) is 10.6. The minimum atomic E-state index is -0.462. The largest absolute Gasteiger partial charge is 0.497 e. The van der Waals surface area contributed by atoms with Gasteiger partial charge in [-0.05, 0) is 41.0 Å². The van der Waals surface area contributed by atoms with Gasteiger partial charge in [-0.25, -0.2) is 4.98 Å². The van der Waals surface area contributed by atoms with Gasteiger partial charge in [-0.2, -0.15) is 0 Å². The van der Waals surface area contributed by atoms with Gasteiger partial charge in [0.1, 0.15) is 5.75 Å². The third-order valence-electron chi connectivity index (χ3n) is 4.91. The number of rotatable bonds is 8. The summed E-state index contributed by atoms with van der Waals surface area (Å²) in [7, 11) is 1.61. The van der Waals surface area contributed by atoms with Crippen LogP contribution in [0.1, 0.15) is 5.56 Å². The topological polar surface area (TPSA) is 77.5 Å². The maximum Gasteiger partial charge on any atom is 0.310 e. The zero-order valence-electron chi connectivity index (χ0n) is 18.0. The van der Waals surface area contributed by atoms with E-state index < -0.39 is 11.9 Å². The fraction of sp³-hybridized carbons (Fsp3) is 0.115. The number of hydrogen-bond acceptors (Lipinski definition) is 6. The highest BCUT2D eigenvalue weighted by Crippen LogP contribution is 2.26. The summed E-state index contributed by atoms with van der Waals surface area (Å²) in [4.78, 5) is 28.7. The van der Waals surface area contributed by atoms with Gasteiger partial charge in [0.05, 0.1) is 19.2 Å². The normalized spacial score (nSPS) is 10.5. The number of nitrogens with one attached hydrogen (secondary N) is 1. The predicted molar refractivity (Wildman–Crippen MR) is 129 cm³/mol. The van der Waals surface area contributed by atoms with Gasteiger partial charge in [0.15, 0.2) is 11.7 Å². The number of carbonyl (C=O) groups is 2. The predicted octanol–water partition coefficient (Wildman–Crippen LogP) is 5.21. The molecule has 3 aromatic carbocycles. The first kappa shape index (κ1) is 22.2. The fourth-order valence-corrected chi connectivity index (χ4v) is 3.93. The smallest absolute Gasteiger partial charge is 0.310 e. The second-order valence-corrected chi connectivity index (χ2v) is 8.07. The molecule has 4 aromatic rings. The van der Waals surface area contributed by atoms with Crippen LogP contribution < -0.4 is 10.1 Å². The molecule has 0 saturated heterocycles. The molecule has 1 N–H and O–H groups in total. The monoisotopic (exact) mass is 458 g/mol. The number of benzene rings is 3. The van der Waals surface area contributed by atoms with E-state index in [2.05, 4.69) is 10.3 Å². The number of ether oxygens (including phenoxy) is 2. The number of aromatic nitrogens is 1. The average molecular weight is 459 g/mol. The van der Waals surface area contributed by atoms with Gasteiger partial charge in [-0.1, -0.05) is 54.6 Å². The zero-order chi connectivity index (χ0) is 23.0. The van der Waals surface area contributed by atoms with Crippen LogP contribution in [0.3, 0.4) is 0 Å². The maximum absolute atomic E-state index is 12.2. The Labute approximate surface area is 195 Å². The highest BCUT2D eigenvalue weighted by molar-refractivity contribution is 7.14. The van der Waals surface area contributed by atoms with Crippen LogP contribution in [0.2, 0.25) is 0 Å². The molecule has 1 amide bonds. The lowest BCUT2D eigenvalue weighted by atomic mass is 10.0. The maximum atomic E-state index is 12.2. The number of carbonyl (C=O) groups excluding carboxylic acids is 2. The lowest BCUT2D eigenvalue weighted by Crippen LogP contribution is -2.21. The standard InChI is InChI=1S/C26H22N2O4S/c1-31-22-13-11-21(12-14-22)23-17-33-26(27-23)28-24(29)16-32-25(30)15-18-7-9-20(10-8-18)19-5-3-2-4-6-19/h2-14,17H,15-16H2,1H3,(H,27,28,29). The van der Waals surface area contributed by atoms with E-state index in [9.17, 15) is 9.59 Å². The van der Waals surface area contributed by atoms with Crippen molar-refractivity contribution >= 4 is 28.3 Å². The van der Waals surface area contributed by atoms with Gasteiger partial charge in [0, 0.05) is 10.9 Å². The van der Waals surface area contributed by atoms with E-state index in [4.69, 9.17) is 9.47 Å². The van der Waals surface area contributed by atoms with Crippen molar-refractivity contribution in [2.75, 3.05) is 19.0 Å². The van der Waals surface area contributed by atoms with Crippen LogP contribution in [0.5, 0.6) is 5.75 Å². The van der Waals surface area contributed by atoms with E-state index >= 15 is 0 Å². The first-order valence-electron chi connectivity index (χ1n) is 10.3. The van der Waals surface area contributed by atoms with Crippen molar-refractivity contribution in [2.24, 2.45) is 0 Å². The number of hydrogen-bond donors (Lipinski definition) is 1. The first-order valence-corrected chi connectivity index (χ1v) is 11.2. The Kier molecular flexibility index (Phi) is 7.12. The third-order valence-corrected chi connectivity index (χ3v) is 5.67. The minimum Gasteiger partial charge on any atom is -0.497 e. The molecule has 0 radical (unpaired) electrons. The Morgan fingerprint density at radius 3 is 2.24 bits per heavy atom. The van der Waals surface area contributed by atoms with Gasteiger partial charge in [-0.3, -0.25) is 14.9 Å². The molecule has 0 aliphatic carbocycles. The average Bonchev–Trinajstić information content (AvgIpc) is 3.32. The SMILES string of the molecule is COc1ccc(-c2csc(NC(=O)COC(=O)Cc3ccc(-c4ccccc4)cc3)n2)cc1. The summed E-state index contributed by atoms with van der Waals surface area (Å²) in [6.45, 7) is -0.363. The molecule has 1 heterocycles. The van der Waals surface area contributed by atoms with Crippen molar-refractivity contribution in [3.05, 3.63) is 89.8 Å². The molecule has 1 aromatic heterocycles. The molecule has 0 aliphatic heterocycles. The summed E-state index contributed by atoms with van der Waals surface area (Å²) in [6.07, 6.45) is 0.0984. The molecule has 4 rings (SSSR count). The number of amides is 1. The number of nitrogens with zero attached hydrogens (tertiary/aromatic N) is 1. The van der Waals surface area contributed by atoms with Crippen molar-refractivity contribution in [1.29, 1.82) is 0 Å². The molecule has 0 saturated carbocycles. The Morgan fingerprint density at radius 1 is 0.879 bits per heavy atom. The molecule has 6 nitrogen and oxygen atoms in total. The molecule has 0 spiro atoms. The van der Waals surface area contributed by atoms with Gasteiger partial charge in [0.25, 0.3) is 5.91 Å². The van der Waals surface area contributed by atoms with Crippen LogP contribution in [0.4, 0.5) is 5.13 Å². The van der Waals surface area contributed by atoms with Crippen molar-refractivity contribution in [1.82, 2.24) is 4.98 Å². The Hall–Kier alpha value is -3.97. The molecule has 0 atom stereocenters. The minimum absolute atomic E-state index is 0.0984. The summed E-state index contributed by atoms with van der Waals surface area (Å²) in [5.74, 6) is -0.134. The van der Waals surface area contributed by atoms with Gasteiger partial charge < -0.3 is 9.47 Å². The van der Waals surface area contributed by atoms with Crippen molar-refractivity contribution in [2.45, 2.75) is 6.42 Å². The number of anilines is 1. The molecule has 33 heavy (non-hydrogen) atoms. The molecule has 0 aliphatic rings. The van der Waals surface area contributed by atoms with E-state index in [1.807, 2.05) is 84.2 Å². The van der Waals surface area contributed by atoms with E-state index in [1.54, 1.807) is 7.11 Å². The van der Waals surface area contributed by atoms with Crippen molar-refractivity contribution in [3.8, 4) is 28.1 Å². The molecule has 0 unspecified atom stereocenters. The van der Waals surface area contributed by atoms with E-state index in [0.717, 1.165) is 33.7 Å². The van der Waals surface area contributed by atoms with Crippen LogP contribution in [0.15, 0.2) is 84.2 Å². The molecular weight excluding hydrogens is 436 g/mol.